The van der Waals surface area contributed by atoms with E-state index in [1.54, 1.807) is 0 Å². The normalized spacial score (nSPS) is 15.9. The molecule has 0 spiro atoms. The summed E-state index contributed by atoms with van der Waals surface area (Å²) >= 11 is 0. The summed E-state index contributed by atoms with van der Waals surface area (Å²) in [5, 5.41) is 19.3. The topological polar surface area (TPSA) is 99.2 Å². The lowest BCUT2D eigenvalue weighted by Gasteiger charge is -2.08. The van der Waals surface area contributed by atoms with Crippen LogP contribution in [0, 0.1) is 0 Å². The van der Waals surface area contributed by atoms with E-state index in [9.17, 15) is 14.7 Å². The number of aromatic nitrogens is 2. The first kappa shape index (κ1) is 17.0. The van der Waals surface area contributed by atoms with Gasteiger partial charge in [0.25, 0.3) is 11.8 Å². The van der Waals surface area contributed by atoms with Crippen molar-refractivity contribution < 1.29 is 14.7 Å². The monoisotopic (exact) mass is 410 g/mol. The number of carbonyl (C=O) groups excluding carboxylic acids is 2. The lowest BCUT2D eigenvalue weighted by Crippen LogP contribution is -2.20. The Balaban J connectivity index is 1.85. The second-order valence-corrected chi connectivity index (χ2v) is 8.27. The molecule has 5 aromatic rings. The van der Waals surface area contributed by atoms with Crippen molar-refractivity contribution in [3.63, 3.8) is 0 Å². The van der Waals surface area contributed by atoms with Gasteiger partial charge < -0.3 is 20.0 Å². The third-order valence-corrected chi connectivity index (χ3v) is 6.75. The number of aliphatic hydroxyl groups excluding tert-OH is 1. The van der Waals surface area contributed by atoms with Gasteiger partial charge in [0.1, 0.15) is 0 Å². The van der Waals surface area contributed by atoms with E-state index in [1.165, 1.54) is 5.56 Å². The number of H-pyrrole nitrogens is 1. The third kappa shape index (κ3) is 1.95. The fraction of sp³-hybridized carbons (Fsp3) is 0.167. The lowest BCUT2D eigenvalue weighted by atomic mass is 9.96. The Morgan fingerprint density at radius 1 is 0.903 bits per heavy atom. The summed E-state index contributed by atoms with van der Waals surface area (Å²) in [5.41, 5.74) is 6.48. The summed E-state index contributed by atoms with van der Waals surface area (Å²) in [6.07, 6.45) is 0. The second kappa shape index (κ2) is 5.72. The number of aliphatic hydroxyl groups is 1. The molecule has 152 valence electrons. The van der Waals surface area contributed by atoms with Crippen molar-refractivity contribution >= 4 is 55.4 Å². The summed E-state index contributed by atoms with van der Waals surface area (Å²) in [5.74, 6) is -0.716. The van der Waals surface area contributed by atoms with E-state index in [-0.39, 0.29) is 18.4 Å². The van der Waals surface area contributed by atoms with Gasteiger partial charge in [-0.2, -0.15) is 0 Å². The molecule has 2 aromatic heterocycles. The van der Waals surface area contributed by atoms with Gasteiger partial charge in [-0.25, -0.2) is 0 Å². The van der Waals surface area contributed by atoms with E-state index in [2.05, 4.69) is 26.3 Å². The first-order chi connectivity index (χ1) is 15.2. The number of fused-ring (bicyclic) bond motifs is 10. The minimum Gasteiger partial charge on any atom is -0.392 e. The summed E-state index contributed by atoms with van der Waals surface area (Å²) < 4.78 is 2.27. The molecule has 7 nitrogen and oxygen atoms in total. The van der Waals surface area contributed by atoms with E-state index in [4.69, 9.17) is 0 Å². The van der Waals surface area contributed by atoms with Gasteiger partial charge in [-0.1, -0.05) is 36.4 Å². The molecule has 7 rings (SSSR count). The molecule has 2 aliphatic heterocycles. The first-order valence-corrected chi connectivity index (χ1v) is 10.4. The SMILES string of the molecule is O=C1NC(=O)c2c1c1c3cccc(CO)c3[nH]c1c1c2c2cccc3c2n1CCNC3. The highest BCUT2D eigenvalue weighted by Crippen LogP contribution is 2.44. The van der Waals surface area contributed by atoms with Crippen molar-refractivity contribution in [1.29, 1.82) is 0 Å². The maximum atomic E-state index is 13.0. The Morgan fingerprint density at radius 3 is 2.52 bits per heavy atom. The molecule has 4 N–H and O–H groups in total. The number of imide groups is 1. The largest absolute Gasteiger partial charge is 0.392 e. The minimum absolute atomic E-state index is 0.113. The molecular formula is C24H18N4O3. The highest BCUT2D eigenvalue weighted by Gasteiger charge is 2.36. The van der Waals surface area contributed by atoms with Crippen LogP contribution in [0.15, 0.2) is 36.4 Å². The number of benzene rings is 3. The fourth-order valence-corrected chi connectivity index (χ4v) is 5.56. The molecule has 7 heteroatoms. The van der Waals surface area contributed by atoms with Crippen LogP contribution in [0.3, 0.4) is 0 Å². The molecule has 2 aliphatic rings. The average molecular weight is 410 g/mol. The molecule has 0 bridgehead atoms. The molecule has 0 unspecified atom stereocenters. The van der Waals surface area contributed by atoms with Crippen LogP contribution in [0.1, 0.15) is 31.8 Å². The van der Waals surface area contributed by atoms with Crippen molar-refractivity contribution in [2.24, 2.45) is 0 Å². The van der Waals surface area contributed by atoms with Crippen molar-refractivity contribution in [3.05, 3.63) is 58.7 Å². The summed E-state index contributed by atoms with van der Waals surface area (Å²) in [7, 11) is 0. The highest BCUT2D eigenvalue weighted by molar-refractivity contribution is 6.39. The van der Waals surface area contributed by atoms with Gasteiger partial charge in [-0.3, -0.25) is 14.9 Å². The number of nitrogens with one attached hydrogen (secondary N) is 3. The van der Waals surface area contributed by atoms with E-state index in [0.29, 0.717) is 11.1 Å². The van der Waals surface area contributed by atoms with Crippen molar-refractivity contribution in [2.45, 2.75) is 19.7 Å². The maximum absolute atomic E-state index is 13.0. The Labute approximate surface area is 175 Å². The smallest absolute Gasteiger partial charge is 0.259 e. The van der Waals surface area contributed by atoms with Crippen LogP contribution in [-0.4, -0.2) is 33.0 Å². The van der Waals surface area contributed by atoms with Crippen LogP contribution in [0.2, 0.25) is 0 Å². The Kier molecular flexibility index (Phi) is 3.14. The number of amides is 2. The van der Waals surface area contributed by atoms with Gasteiger partial charge >= 0.3 is 0 Å². The molecular weight excluding hydrogens is 392 g/mol. The Bertz CT molecular complexity index is 1640. The predicted octanol–water partition coefficient (Wildman–Crippen LogP) is 2.91. The molecule has 0 radical (unpaired) electrons. The number of para-hydroxylation sites is 2. The van der Waals surface area contributed by atoms with Gasteiger partial charge in [0.15, 0.2) is 0 Å². The number of hydrogen-bond donors (Lipinski definition) is 4. The number of hydrogen-bond acceptors (Lipinski definition) is 4. The van der Waals surface area contributed by atoms with E-state index in [1.807, 2.05) is 30.3 Å². The second-order valence-electron chi connectivity index (χ2n) is 8.27. The van der Waals surface area contributed by atoms with Crippen molar-refractivity contribution in [3.8, 4) is 0 Å². The number of carbonyl (C=O) groups is 2. The van der Waals surface area contributed by atoms with Crippen molar-refractivity contribution in [1.82, 2.24) is 20.2 Å². The van der Waals surface area contributed by atoms with E-state index in [0.717, 1.165) is 68.8 Å². The van der Waals surface area contributed by atoms with Crippen LogP contribution >= 0.6 is 0 Å². The zero-order valence-electron chi connectivity index (χ0n) is 16.5. The standard InChI is InChI=1S/C24H18N4O3/c29-10-12-4-2-5-13-15-17-18(24(31)27-23(17)30)16-14-6-1-3-11-9-25-7-8-28(21(11)14)22(16)20(15)26-19(12)13/h1-6,25-26,29H,7-10H2,(H,27,30,31). The molecule has 0 aliphatic carbocycles. The molecule has 0 saturated carbocycles. The van der Waals surface area contributed by atoms with Crippen LogP contribution in [0.25, 0.3) is 43.6 Å². The number of aromatic amines is 1. The molecule has 0 fully saturated rings. The quantitative estimate of drug-likeness (QED) is 0.319. The molecule has 3 aromatic carbocycles. The van der Waals surface area contributed by atoms with Crippen LogP contribution in [0.5, 0.6) is 0 Å². The summed E-state index contributed by atoms with van der Waals surface area (Å²) in [6.45, 7) is 2.20. The zero-order chi connectivity index (χ0) is 20.9. The Hall–Kier alpha value is -3.68. The molecule has 0 atom stereocenters. The van der Waals surface area contributed by atoms with Crippen LogP contribution in [0.4, 0.5) is 0 Å². The summed E-state index contributed by atoms with van der Waals surface area (Å²) in [6, 6.07) is 11.8. The van der Waals surface area contributed by atoms with Gasteiger partial charge in [-0.15, -0.1) is 0 Å². The lowest BCUT2D eigenvalue weighted by molar-refractivity contribution is 0.0880. The van der Waals surface area contributed by atoms with Crippen LogP contribution in [-0.2, 0) is 19.7 Å². The van der Waals surface area contributed by atoms with Gasteiger partial charge in [0, 0.05) is 46.7 Å². The minimum atomic E-state index is -0.368. The van der Waals surface area contributed by atoms with Gasteiger partial charge in [-0.05, 0) is 5.56 Å². The first-order valence-electron chi connectivity index (χ1n) is 10.4. The maximum Gasteiger partial charge on any atom is 0.259 e. The zero-order valence-corrected chi connectivity index (χ0v) is 16.5. The summed E-state index contributed by atoms with van der Waals surface area (Å²) in [4.78, 5) is 29.5. The number of rotatable bonds is 1. The average Bonchev–Trinajstić information content (AvgIpc) is 3.34. The van der Waals surface area contributed by atoms with E-state index >= 15 is 0 Å². The predicted molar refractivity (Wildman–Crippen MR) is 118 cm³/mol. The highest BCUT2D eigenvalue weighted by atomic mass is 16.3. The van der Waals surface area contributed by atoms with Gasteiger partial charge in [0.2, 0.25) is 0 Å². The Morgan fingerprint density at radius 2 is 1.68 bits per heavy atom. The molecule has 0 saturated heterocycles. The van der Waals surface area contributed by atoms with E-state index < -0.39 is 0 Å². The molecule has 4 heterocycles. The molecule has 2 amide bonds. The fourth-order valence-electron chi connectivity index (χ4n) is 5.56. The van der Waals surface area contributed by atoms with Gasteiger partial charge in [0.05, 0.1) is 39.8 Å². The third-order valence-electron chi connectivity index (χ3n) is 6.75. The molecule has 31 heavy (non-hydrogen) atoms. The van der Waals surface area contributed by atoms with Crippen LogP contribution < -0.4 is 10.6 Å². The van der Waals surface area contributed by atoms with Crippen molar-refractivity contribution in [2.75, 3.05) is 6.54 Å². The number of nitrogens with zero attached hydrogens (tertiary/aromatic N) is 1.